The first-order valence-corrected chi connectivity index (χ1v) is 12.7. The van der Waals surface area contributed by atoms with E-state index in [1.165, 1.54) is 34.9 Å². The van der Waals surface area contributed by atoms with Gasteiger partial charge in [-0.3, -0.25) is 19.2 Å². The quantitative estimate of drug-likeness (QED) is 0.582. The molecule has 3 heterocycles. The highest BCUT2D eigenvalue weighted by Gasteiger charge is 2.40. The van der Waals surface area contributed by atoms with Crippen molar-refractivity contribution in [2.75, 3.05) is 14.1 Å². The minimum atomic E-state index is -0.905. The molecule has 0 radical (unpaired) electrons. The van der Waals surface area contributed by atoms with Crippen molar-refractivity contribution in [3.05, 3.63) is 48.3 Å². The lowest BCUT2D eigenvalue weighted by Gasteiger charge is -2.37. The predicted molar refractivity (Wildman–Crippen MR) is 136 cm³/mol. The van der Waals surface area contributed by atoms with Crippen LogP contribution < -0.4 is 10.6 Å². The molecule has 3 rings (SSSR count). The molecule has 2 aromatic heterocycles. The van der Waals surface area contributed by atoms with E-state index in [0.717, 1.165) is 11.1 Å². The summed E-state index contributed by atoms with van der Waals surface area (Å²) in [6, 6.07) is -0.108. The fourth-order valence-electron chi connectivity index (χ4n) is 4.57. The van der Waals surface area contributed by atoms with Gasteiger partial charge in [0.2, 0.25) is 23.6 Å². The Balaban J connectivity index is 2.04. The van der Waals surface area contributed by atoms with Crippen LogP contribution in [0.3, 0.4) is 0 Å². The number of nitrogens with one attached hydrogen (secondary N) is 2. The molecule has 0 unspecified atom stereocenters. The molecule has 1 aliphatic rings. The van der Waals surface area contributed by atoms with Crippen LogP contribution in [-0.4, -0.2) is 71.7 Å². The lowest BCUT2D eigenvalue weighted by molar-refractivity contribution is -0.148. The van der Waals surface area contributed by atoms with Crippen molar-refractivity contribution in [3.8, 4) is 0 Å². The molecule has 0 bridgehead atoms. The van der Waals surface area contributed by atoms with E-state index in [1.807, 2.05) is 27.7 Å². The van der Waals surface area contributed by atoms with Gasteiger partial charge in [-0.15, -0.1) is 0 Å². The molecule has 37 heavy (non-hydrogen) atoms. The van der Waals surface area contributed by atoms with Crippen LogP contribution >= 0.6 is 0 Å². The summed E-state index contributed by atoms with van der Waals surface area (Å²) >= 11 is 0. The van der Waals surface area contributed by atoms with E-state index in [0.29, 0.717) is 6.42 Å². The van der Waals surface area contributed by atoms with Gasteiger partial charge in [-0.05, 0) is 41.5 Å². The highest BCUT2D eigenvalue weighted by Crippen LogP contribution is 2.18. The summed E-state index contributed by atoms with van der Waals surface area (Å²) in [6.07, 6.45) is 6.82. The molecule has 10 heteroatoms. The van der Waals surface area contributed by atoms with Gasteiger partial charge in [0.1, 0.15) is 24.2 Å². The summed E-state index contributed by atoms with van der Waals surface area (Å²) in [5.74, 6) is -1.81. The van der Waals surface area contributed by atoms with Gasteiger partial charge < -0.3 is 29.3 Å². The molecule has 2 aromatic rings. The second-order valence-electron chi connectivity index (χ2n) is 10.5. The summed E-state index contributed by atoms with van der Waals surface area (Å²) in [7, 11) is 3.10. The Bertz CT molecular complexity index is 1030. The third kappa shape index (κ3) is 6.81. The van der Waals surface area contributed by atoms with Crippen molar-refractivity contribution in [1.82, 2.24) is 20.4 Å². The average molecular weight is 515 g/mol. The van der Waals surface area contributed by atoms with Crippen molar-refractivity contribution in [1.29, 1.82) is 0 Å². The Morgan fingerprint density at radius 2 is 1.27 bits per heavy atom. The monoisotopic (exact) mass is 514 g/mol. The second-order valence-corrected chi connectivity index (χ2v) is 10.5. The van der Waals surface area contributed by atoms with Crippen LogP contribution in [-0.2, 0) is 32.0 Å². The van der Waals surface area contributed by atoms with Gasteiger partial charge in [0.15, 0.2) is 0 Å². The van der Waals surface area contributed by atoms with Gasteiger partial charge in [-0.1, -0.05) is 27.7 Å². The van der Waals surface area contributed by atoms with E-state index in [9.17, 15) is 19.2 Å². The number of hydrogen-bond donors (Lipinski definition) is 2. The normalized spacial score (nSPS) is 24.2. The average Bonchev–Trinajstić information content (AvgIpc) is 3.55. The summed E-state index contributed by atoms with van der Waals surface area (Å²) in [4.78, 5) is 57.4. The predicted octanol–water partition coefficient (Wildman–Crippen LogP) is 2.00. The standard InChI is InChI=1S/C27H38N4O6/c1-16(2)11-20-26(34)30(5)22(13-19-8-10-37-15-19)25(33)29-23(17(3)4)27(35)31(6)21(24(32)28-20)12-18-7-9-36-14-18/h7-10,14-17,20-23H,11-13H2,1-6H3,(H,28,32)(H,29,33)/t20-,21-,22-,23-/m0/s1. The molecule has 202 valence electrons. The zero-order chi connectivity index (χ0) is 27.3. The molecular formula is C27H38N4O6. The van der Waals surface area contributed by atoms with E-state index in [1.54, 1.807) is 26.2 Å². The van der Waals surface area contributed by atoms with Gasteiger partial charge in [-0.2, -0.15) is 0 Å². The van der Waals surface area contributed by atoms with E-state index in [4.69, 9.17) is 8.83 Å². The first kappa shape index (κ1) is 28.0. The number of furan rings is 2. The molecule has 4 atom stereocenters. The minimum Gasteiger partial charge on any atom is -0.472 e. The molecular weight excluding hydrogens is 476 g/mol. The molecule has 0 aliphatic carbocycles. The first-order chi connectivity index (χ1) is 17.5. The SMILES string of the molecule is CC(C)C[C@@H]1NC(=O)[C@H](Cc2ccoc2)N(C)C(=O)[C@H](C(C)C)NC(=O)[C@H](Cc2ccoc2)N(C)C1=O. The molecule has 1 saturated heterocycles. The van der Waals surface area contributed by atoms with Crippen molar-refractivity contribution >= 4 is 23.6 Å². The van der Waals surface area contributed by atoms with E-state index in [2.05, 4.69) is 10.6 Å². The third-order valence-corrected chi connectivity index (χ3v) is 6.81. The van der Waals surface area contributed by atoms with E-state index >= 15 is 0 Å². The molecule has 10 nitrogen and oxygen atoms in total. The Hall–Kier alpha value is -3.56. The largest absolute Gasteiger partial charge is 0.472 e. The second kappa shape index (κ2) is 12.1. The number of carbonyl (C=O) groups excluding carboxylic acids is 4. The maximum Gasteiger partial charge on any atom is 0.245 e. The van der Waals surface area contributed by atoms with Gasteiger partial charge in [0.25, 0.3) is 0 Å². The highest BCUT2D eigenvalue weighted by molar-refractivity contribution is 5.97. The third-order valence-electron chi connectivity index (χ3n) is 6.81. The Morgan fingerprint density at radius 1 is 0.784 bits per heavy atom. The van der Waals surface area contributed by atoms with Crippen molar-refractivity contribution in [3.63, 3.8) is 0 Å². The number of likely N-dealkylation sites (N-methyl/N-ethyl adjacent to an activating group) is 2. The zero-order valence-corrected chi connectivity index (χ0v) is 22.4. The number of carbonyl (C=O) groups is 4. The Kier molecular flexibility index (Phi) is 9.18. The van der Waals surface area contributed by atoms with Crippen LogP contribution in [0.2, 0.25) is 0 Å². The minimum absolute atomic E-state index is 0.0914. The zero-order valence-electron chi connectivity index (χ0n) is 22.4. The van der Waals surface area contributed by atoms with Gasteiger partial charge in [0, 0.05) is 26.9 Å². The fourth-order valence-corrected chi connectivity index (χ4v) is 4.57. The Morgan fingerprint density at radius 3 is 1.70 bits per heavy atom. The molecule has 1 aliphatic heterocycles. The van der Waals surface area contributed by atoms with Crippen LogP contribution in [0.25, 0.3) is 0 Å². The van der Waals surface area contributed by atoms with E-state index < -0.39 is 36.0 Å². The van der Waals surface area contributed by atoms with Crippen LogP contribution in [0, 0.1) is 11.8 Å². The fraction of sp³-hybridized carbons (Fsp3) is 0.556. The molecule has 2 N–H and O–H groups in total. The lowest BCUT2D eigenvalue weighted by atomic mass is 9.96. The summed E-state index contributed by atoms with van der Waals surface area (Å²) < 4.78 is 10.3. The van der Waals surface area contributed by atoms with Crippen molar-refractivity contribution in [2.45, 2.75) is 71.1 Å². The molecule has 0 aromatic carbocycles. The molecule has 0 saturated carbocycles. The van der Waals surface area contributed by atoms with Crippen LogP contribution in [0.5, 0.6) is 0 Å². The van der Waals surface area contributed by atoms with Crippen molar-refractivity contribution < 1.29 is 28.0 Å². The highest BCUT2D eigenvalue weighted by atomic mass is 16.3. The lowest BCUT2D eigenvalue weighted by Crippen LogP contribution is -2.63. The molecule has 0 spiro atoms. The van der Waals surface area contributed by atoms with Crippen LogP contribution in [0.15, 0.2) is 46.0 Å². The van der Waals surface area contributed by atoms with Crippen LogP contribution in [0.4, 0.5) is 0 Å². The molecule has 4 amide bonds. The van der Waals surface area contributed by atoms with Crippen LogP contribution in [0.1, 0.15) is 45.2 Å². The number of nitrogens with zero attached hydrogens (tertiary/aromatic N) is 2. The van der Waals surface area contributed by atoms with Crippen molar-refractivity contribution in [2.24, 2.45) is 11.8 Å². The van der Waals surface area contributed by atoms with Gasteiger partial charge in [0.05, 0.1) is 25.1 Å². The summed E-state index contributed by atoms with van der Waals surface area (Å²) in [6.45, 7) is 7.56. The summed E-state index contributed by atoms with van der Waals surface area (Å²) in [5, 5.41) is 5.77. The number of hydrogen-bond acceptors (Lipinski definition) is 6. The number of amides is 4. The maximum atomic E-state index is 13.7. The number of rotatable bonds is 7. The molecule has 1 fully saturated rings. The van der Waals surface area contributed by atoms with Gasteiger partial charge >= 0.3 is 0 Å². The smallest absolute Gasteiger partial charge is 0.245 e. The summed E-state index contributed by atoms with van der Waals surface area (Å²) in [5.41, 5.74) is 1.47. The first-order valence-electron chi connectivity index (χ1n) is 12.7. The topological polar surface area (TPSA) is 125 Å². The maximum absolute atomic E-state index is 13.7. The van der Waals surface area contributed by atoms with Gasteiger partial charge in [-0.25, -0.2) is 0 Å². The van der Waals surface area contributed by atoms with E-state index in [-0.39, 0.29) is 36.5 Å². The Labute approximate surface area is 217 Å².